The molecule has 0 spiro atoms. The Morgan fingerprint density at radius 2 is 1.93 bits per heavy atom. The SMILES string of the molecule is CCOc1cc(/C=C2\SC(N)=NC2=O)cc(Cl)c1OS(=O)(=O)c1ccc(C)cc1. The van der Waals surface area contributed by atoms with Crippen LogP contribution in [-0.4, -0.2) is 26.1 Å². The Morgan fingerprint density at radius 3 is 2.52 bits per heavy atom. The zero-order valence-corrected chi connectivity index (χ0v) is 17.9. The van der Waals surface area contributed by atoms with Gasteiger partial charge in [-0.1, -0.05) is 29.3 Å². The molecule has 29 heavy (non-hydrogen) atoms. The number of nitrogens with two attached hydrogens (primary N) is 1. The van der Waals surface area contributed by atoms with Gasteiger partial charge in [0.2, 0.25) is 5.75 Å². The molecule has 152 valence electrons. The Balaban J connectivity index is 1.98. The molecular formula is C19H17ClN2O5S2. The summed E-state index contributed by atoms with van der Waals surface area (Å²) >= 11 is 7.33. The van der Waals surface area contributed by atoms with E-state index in [2.05, 4.69) is 4.99 Å². The summed E-state index contributed by atoms with van der Waals surface area (Å²) in [5.41, 5.74) is 6.98. The molecule has 2 N–H and O–H groups in total. The number of thioether (sulfide) groups is 1. The summed E-state index contributed by atoms with van der Waals surface area (Å²) < 4.78 is 36.1. The number of halogens is 1. The molecule has 1 aliphatic rings. The van der Waals surface area contributed by atoms with Crippen LogP contribution in [0.2, 0.25) is 5.02 Å². The summed E-state index contributed by atoms with van der Waals surface area (Å²) in [4.78, 5) is 15.7. The number of hydrogen-bond donors (Lipinski definition) is 1. The van der Waals surface area contributed by atoms with Gasteiger partial charge in [0.1, 0.15) is 4.90 Å². The van der Waals surface area contributed by atoms with Crippen LogP contribution in [0.5, 0.6) is 11.5 Å². The van der Waals surface area contributed by atoms with Gasteiger partial charge in [-0.2, -0.15) is 13.4 Å². The maximum Gasteiger partial charge on any atom is 0.339 e. The van der Waals surface area contributed by atoms with Crippen LogP contribution in [0.15, 0.2) is 51.2 Å². The molecule has 0 saturated heterocycles. The van der Waals surface area contributed by atoms with Gasteiger partial charge in [0, 0.05) is 0 Å². The summed E-state index contributed by atoms with van der Waals surface area (Å²) in [6, 6.07) is 9.24. The first-order valence-corrected chi connectivity index (χ1v) is 11.1. The van der Waals surface area contributed by atoms with Crippen molar-refractivity contribution >= 4 is 50.6 Å². The van der Waals surface area contributed by atoms with Gasteiger partial charge in [-0.05, 0) is 61.5 Å². The molecule has 0 unspecified atom stereocenters. The maximum absolute atomic E-state index is 12.6. The molecule has 1 heterocycles. The Labute approximate surface area is 177 Å². The number of benzene rings is 2. The first-order valence-electron chi connectivity index (χ1n) is 8.45. The van der Waals surface area contributed by atoms with Crippen molar-refractivity contribution in [2.24, 2.45) is 10.7 Å². The van der Waals surface area contributed by atoms with E-state index in [-0.39, 0.29) is 33.2 Å². The van der Waals surface area contributed by atoms with Gasteiger partial charge in [0.15, 0.2) is 10.9 Å². The predicted octanol–water partition coefficient (Wildman–Crippen LogP) is 3.74. The number of rotatable bonds is 6. The van der Waals surface area contributed by atoms with Crippen LogP contribution in [-0.2, 0) is 14.9 Å². The predicted molar refractivity (Wildman–Crippen MR) is 114 cm³/mol. The number of aliphatic imine (C=N–C) groups is 1. The molecule has 0 atom stereocenters. The van der Waals surface area contributed by atoms with Crippen LogP contribution in [0.3, 0.4) is 0 Å². The van der Waals surface area contributed by atoms with E-state index in [0.717, 1.165) is 17.3 Å². The molecule has 1 aliphatic heterocycles. The first-order chi connectivity index (χ1) is 13.7. The summed E-state index contributed by atoms with van der Waals surface area (Å²) in [6.45, 7) is 3.84. The van der Waals surface area contributed by atoms with E-state index >= 15 is 0 Å². The van der Waals surface area contributed by atoms with Gasteiger partial charge in [-0.25, -0.2) is 0 Å². The molecule has 0 aliphatic carbocycles. The van der Waals surface area contributed by atoms with E-state index in [0.29, 0.717) is 10.5 Å². The number of hydrogen-bond acceptors (Lipinski definition) is 7. The minimum atomic E-state index is -4.12. The van der Waals surface area contributed by atoms with Gasteiger partial charge < -0.3 is 14.7 Å². The van der Waals surface area contributed by atoms with E-state index in [1.165, 1.54) is 24.3 Å². The van der Waals surface area contributed by atoms with Crippen molar-refractivity contribution in [2.45, 2.75) is 18.7 Å². The number of amidine groups is 1. The fourth-order valence-corrected chi connectivity index (χ4v) is 4.40. The highest BCUT2D eigenvalue weighted by Gasteiger charge is 2.24. The zero-order valence-electron chi connectivity index (χ0n) is 15.5. The highest BCUT2D eigenvalue weighted by atomic mass is 35.5. The van der Waals surface area contributed by atoms with Crippen LogP contribution in [0.25, 0.3) is 6.08 Å². The molecule has 10 heteroatoms. The molecule has 3 rings (SSSR count). The highest BCUT2D eigenvalue weighted by molar-refractivity contribution is 8.18. The zero-order chi connectivity index (χ0) is 21.2. The van der Waals surface area contributed by atoms with E-state index in [9.17, 15) is 13.2 Å². The monoisotopic (exact) mass is 452 g/mol. The minimum absolute atomic E-state index is 0.00612. The smallest absolute Gasteiger partial charge is 0.339 e. The lowest BCUT2D eigenvalue weighted by atomic mass is 10.2. The highest BCUT2D eigenvalue weighted by Crippen LogP contribution is 2.39. The van der Waals surface area contributed by atoms with Crippen molar-refractivity contribution < 1.29 is 22.1 Å². The number of amides is 1. The number of nitrogens with zero attached hydrogens (tertiary/aromatic N) is 1. The molecule has 1 amide bonds. The average Bonchev–Trinajstić information content (AvgIpc) is 2.95. The molecule has 0 saturated carbocycles. The largest absolute Gasteiger partial charge is 0.490 e. The first kappa shape index (κ1) is 21.2. The van der Waals surface area contributed by atoms with Gasteiger partial charge in [0.25, 0.3) is 5.91 Å². The fraction of sp³-hybridized carbons (Fsp3) is 0.158. The van der Waals surface area contributed by atoms with Crippen LogP contribution in [0.4, 0.5) is 0 Å². The minimum Gasteiger partial charge on any atom is -0.490 e. The van der Waals surface area contributed by atoms with Gasteiger partial charge in [-0.15, -0.1) is 0 Å². The maximum atomic E-state index is 12.6. The standard InChI is InChI=1S/C19H17ClN2O5S2/c1-3-26-15-9-12(10-16-18(23)22-19(21)28-16)8-14(20)17(15)27-29(24,25)13-6-4-11(2)5-7-13/h4-10H,3H2,1-2H3,(H2,21,22,23)/b16-10-. The number of ether oxygens (including phenoxy) is 1. The lowest BCUT2D eigenvalue weighted by Crippen LogP contribution is -2.11. The molecule has 2 aromatic carbocycles. The van der Waals surface area contributed by atoms with Crippen molar-refractivity contribution in [3.8, 4) is 11.5 Å². The van der Waals surface area contributed by atoms with Crippen molar-refractivity contribution in [3.05, 3.63) is 57.5 Å². The third kappa shape index (κ3) is 4.92. The van der Waals surface area contributed by atoms with Crippen molar-refractivity contribution in [3.63, 3.8) is 0 Å². The Morgan fingerprint density at radius 1 is 1.24 bits per heavy atom. The molecule has 0 aromatic heterocycles. The van der Waals surface area contributed by atoms with E-state index < -0.39 is 16.0 Å². The lowest BCUT2D eigenvalue weighted by Gasteiger charge is -2.14. The molecule has 0 bridgehead atoms. The van der Waals surface area contributed by atoms with Crippen molar-refractivity contribution in [2.75, 3.05) is 6.61 Å². The van der Waals surface area contributed by atoms with Crippen molar-refractivity contribution in [1.82, 2.24) is 0 Å². The Bertz CT molecular complexity index is 1130. The molecule has 2 aromatic rings. The molecular weight excluding hydrogens is 436 g/mol. The molecule has 0 fully saturated rings. The second-order valence-electron chi connectivity index (χ2n) is 5.98. The van der Waals surface area contributed by atoms with Crippen LogP contribution >= 0.6 is 23.4 Å². The van der Waals surface area contributed by atoms with Gasteiger partial charge in [0.05, 0.1) is 16.5 Å². The van der Waals surface area contributed by atoms with E-state index in [1.807, 2.05) is 6.92 Å². The summed E-state index contributed by atoms with van der Waals surface area (Å²) in [5.74, 6) is -0.451. The Hall–Kier alpha value is -2.49. The van der Waals surface area contributed by atoms with Gasteiger partial charge in [-0.3, -0.25) is 4.79 Å². The quantitative estimate of drug-likeness (QED) is 0.525. The lowest BCUT2D eigenvalue weighted by molar-refractivity contribution is -0.113. The second kappa shape index (κ2) is 8.48. The van der Waals surface area contributed by atoms with Crippen molar-refractivity contribution in [1.29, 1.82) is 0 Å². The normalized spacial score (nSPS) is 15.5. The third-order valence-corrected chi connectivity index (χ3v) is 6.10. The summed E-state index contributed by atoms with van der Waals surface area (Å²) in [7, 11) is -4.12. The number of carbonyl (C=O) groups excluding carboxylic acids is 1. The van der Waals surface area contributed by atoms with Crippen LogP contribution < -0.4 is 14.7 Å². The molecule has 7 nitrogen and oxygen atoms in total. The second-order valence-corrected chi connectivity index (χ2v) is 9.00. The van der Waals surface area contributed by atoms with Crippen LogP contribution in [0.1, 0.15) is 18.1 Å². The third-order valence-electron chi connectivity index (χ3n) is 3.77. The molecule has 0 radical (unpaired) electrons. The van der Waals surface area contributed by atoms with Gasteiger partial charge >= 0.3 is 10.1 Å². The summed E-state index contributed by atoms with van der Waals surface area (Å²) in [6.07, 6.45) is 1.54. The topological polar surface area (TPSA) is 108 Å². The number of carbonyl (C=O) groups is 1. The fourth-order valence-electron chi connectivity index (χ4n) is 2.45. The number of aryl methyl sites for hydroxylation is 1. The van der Waals surface area contributed by atoms with E-state index in [1.54, 1.807) is 25.1 Å². The summed E-state index contributed by atoms with van der Waals surface area (Å²) in [5, 5.41) is 0.171. The van der Waals surface area contributed by atoms with E-state index in [4.69, 9.17) is 26.3 Å². The van der Waals surface area contributed by atoms with Crippen LogP contribution in [0, 0.1) is 6.92 Å². The Kier molecular flexibility index (Phi) is 6.21. The average molecular weight is 453 g/mol.